The molecule has 1 aromatic carbocycles. The molecule has 0 bridgehead atoms. The molecule has 0 aliphatic carbocycles. The Kier molecular flexibility index (Phi) is 3.39. The quantitative estimate of drug-likeness (QED) is 0.774. The summed E-state index contributed by atoms with van der Waals surface area (Å²) in [5.74, 6) is -0.229. The molecule has 104 valence electrons. The Balaban J connectivity index is 1.80. The summed E-state index contributed by atoms with van der Waals surface area (Å²) in [6, 6.07) is 9.89. The summed E-state index contributed by atoms with van der Waals surface area (Å²) in [7, 11) is 0. The lowest BCUT2D eigenvalue weighted by atomic mass is 10.2. The minimum Gasteiger partial charge on any atom is -0.508 e. The fourth-order valence-electron chi connectivity index (χ4n) is 1.93. The number of carbonyl (C=O) groups excluding carboxylic acids is 1. The Labute approximate surface area is 121 Å². The third-order valence-corrected chi connectivity index (χ3v) is 2.98. The van der Waals surface area contributed by atoms with Crippen LogP contribution in [0, 0.1) is 0 Å². The first-order chi connectivity index (χ1) is 10.2. The largest absolute Gasteiger partial charge is 0.508 e. The van der Waals surface area contributed by atoms with Gasteiger partial charge in [-0.2, -0.15) is 5.10 Å². The van der Waals surface area contributed by atoms with Gasteiger partial charge in [-0.25, -0.2) is 4.68 Å². The minimum absolute atomic E-state index is 0.0561. The molecule has 3 aromatic rings. The molecular weight excluding hydrogens is 266 g/mol. The molecule has 0 aliphatic rings. The SMILES string of the molecule is O=C(c1cccc(O)c1)n1ccc(/C=C/c2cc[nH]c2)n1. The van der Waals surface area contributed by atoms with Crippen molar-refractivity contribution >= 4 is 18.1 Å². The van der Waals surface area contributed by atoms with Crippen molar-refractivity contribution in [1.29, 1.82) is 0 Å². The maximum absolute atomic E-state index is 12.2. The van der Waals surface area contributed by atoms with E-state index in [0.29, 0.717) is 11.3 Å². The lowest BCUT2D eigenvalue weighted by Gasteiger charge is -2.00. The summed E-state index contributed by atoms with van der Waals surface area (Å²) in [5, 5.41) is 13.6. The van der Waals surface area contributed by atoms with Gasteiger partial charge in [-0.1, -0.05) is 12.1 Å². The van der Waals surface area contributed by atoms with Crippen LogP contribution < -0.4 is 0 Å². The van der Waals surface area contributed by atoms with Gasteiger partial charge in [0.2, 0.25) is 0 Å². The number of rotatable bonds is 3. The number of nitrogens with one attached hydrogen (secondary N) is 1. The third kappa shape index (κ3) is 2.92. The number of hydrogen-bond donors (Lipinski definition) is 2. The molecule has 0 amide bonds. The first kappa shape index (κ1) is 12.9. The molecule has 0 saturated carbocycles. The highest BCUT2D eigenvalue weighted by molar-refractivity contribution is 5.95. The van der Waals surface area contributed by atoms with Gasteiger partial charge in [-0.05, 0) is 42.0 Å². The first-order valence-corrected chi connectivity index (χ1v) is 6.43. The maximum atomic E-state index is 12.2. The van der Waals surface area contributed by atoms with E-state index in [2.05, 4.69) is 10.1 Å². The Morgan fingerprint density at radius 3 is 2.90 bits per heavy atom. The first-order valence-electron chi connectivity index (χ1n) is 6.43. The van der Waals surface area contributed by atoms with Crippen molar-refractivity contribution in [3.63, 3.8) is 0 Å². The number of aromatic hydroxyl groups is 1. The molecule has 0 atom stereocenters. The third-order valence-electron chi connectivity index (χ3n) is 2.98. The Morgan fingerprint density at radius 1 is 1.24 bits per heavy atom. The number of phenolic OH excluding ortho intramolecular Hbond substituents is 1. The molecule has 0 spiro atoms. The average molecular weight is 279 g/mol. The molecule has 2 N–H and O–H groups in total. The molecule has 0 aliphatic heterocycles. The lowest BCUT2D eigenvalue weighted by Crippen LogP contribution is -2.12. The highest BCUT2D eigenvalue weighted by atomic mass is 16.3. The molecule has 5 nitrogen and oxygen atoms in total. The van der Waals surface area contributed by atoms with Gasteiger partial charge in [0.05, 0.1) is 5.69 Å². The topological polar surface area (TPSA) is 70.9 Å². The second kappa shape index (κ2) is 5.50. The number of carbonyl (C=O) groups is 1. The van der Waals surface area contributed by atoms with Crippen molar-refractivity contribution in [3.8, 4) is 5.75 Å². The van der Waals surface area contributed by atoms with Crippen molar-refractivity contribution in [3.05, 3.63) is 71.8 Å². The smallest absolute Gasteiger partial charge is 0.278 e. The highest BCUT2D eigenvalue weighted by Gasteiger charge is 2.09. The van der Waals surface area contributed by atoms with Gasteiger partial charge < -0.3 is 10.1 Å². The Morgan fingerprint density at radius 2 is 2.14 bits per heavy atom. The molecule has 0 saturated heterocycles. The van der Waals surface area contributed by atoms with E-state index in [1.807, 2.05) is 30.6 Å². The molecular formula is C16H13N3O2. The lowest BCUT2D eigenvalue weighted by molar-refractivity contribution is 0.0944. The zero-order valence-electron chi connectivity index (χ0n) is 11.1. The summed E-state index contributed by atoms with van der Waals surface area (Å²) in [6.07, 6.45) is 9.04. The molecule has 5 heteroatoms. The van der Waals surface area contributed by atoms with E-state index in [4.69, 9.17) is 0 Å². The van der Waals surface area contributed by atoms with Crippen LogP contribution >= 0.6 is 0 Å². The summed E-state index contributed by atoms with van der Waals surface area (Å²) in [5.41, 5.74) is 2.10. The van der Waals surface area contributed by atoms with Gasteiger partial charge in [-0.3, -0.25) is 4.79 Å². The van der Waals surface area contributed by atoms with Gasteiger partial charge in [-0.15, -0.1) is 0 Å². The normalized spacial score (nSPS) is 11.0. The monoisotopic (exact) mass is 279 g/mol. The van der Waals surface area contributed by atoms with E-state index in [1.165, 1.54) is 16.8 Å². The van der Waals surface area contributed by atoms with Gasteiger partial charge in [0.1, 0.15) is 5.75 Å². The second-order valence-electron chi connectivity index (χ2n) is 4.52. The number of hydrogen-bond acceptors (Lipinski definition) is 3. The number of phenols is 1. The van der Waals surface area contributed by atoms with Gasteiger partial charge in [0.15, 0.2) is 0 Å². The van der Waals surface area contributed by atoms with Gasteiger partial charge >= 0.3 is 0 Å². The van der Waals surface area contributed by atoms with E-state index >= 15 is 0 Å². The van der Waals surface area contributed by atoms with Crippen LogP contribution in [0.4, 0.5) is 0 Å². The summed E-state index contributed by atoms with van der Waals surface area (Å²) in [4.78, 5) is 15.2. The predicted octanol–water partition coefficient (Wildman–Crippen LogP) is 2.78. The van der Waals surface area contributed by atoms with Gasteiger partial charge in [0, 0.05) is 24.2 Å². The van der Waals surface area contributed by atoms with Crippen LogP contribution in [0.3, 0.4) is 0 Å². The molecule has 2 heterocycles. The fraction of sp³-hybridized carbons (Fsp3) is 0. The van der Waals surface area contributed by atoms with Gasteiger partial charge in [0.25, 0.3) is 5.91 Å². The van der Waals surface area contributed by atoms with Crippen LogP contribution in [0.15, 0.2) is 55.0 Å². The highest BCUT2D eigenvalue weighted by Crippen LogP contribution is 2.12. The van der Waals surface area contributed by atoms with Crippen molar-refractivity contribution < 1.29 is 9.90 Å². The summed E-state index contributed by atoms with van der Waals surface area (Å²) < 4.78 is 1.26. The number of aromatic nitrogens is 3. The molecule has 2 aromatic heterocycles. The molecule has 0 fully saturated rings. The Bertz CT molecular complexity index is 785. The van der Waals surface area contributed by atoms with Crippen molar-refractivity contribution in [2.24, 2.45) is 0 Å². The predicted molar refractivity (Wildman–Crippen MR) is 79.8 cm³/mol. The zero-order chi connectivity index (χ0) is 14.7. The van der Waals surface area contributed by atoms with Crippen molar-refractivity contribution in [2.45, 2.75) is 0 Å². The standard InChI is InChI=1S/C16H13N3O2/c20-15-3-1-2-13(10-15)16(21)19-9-7-14(18-19)5-4-12-6-8-17-11-12/h1-11,17,20H/b5-4+. The van der Waals surface area contributed by atoms with Crippen LogP contribution in [0.25, 0.3) is 12.2 Å². The van der Waals surface area contributed by atoms with E-state index < -0.39 is 0 Å². The maximum Gasteiger partial charge on any atom is 0.278 e. The van der Waals surface area contributed by atoms with Crippen LogP contribution in [0.1, 0.15) is 21.6 Å². The van der Waals surface area contributed by atoms with Crippen molar-refractivity contribution in [1.82, 2.24) is 14.8 Å². The minimum atomic E-state index is -0.285. The fourth-order valence-corrected chi connectivity index (χ4v) is 1.93. The molecule has 21 heavy (non-hydrogen) atoms. The number of aromatic amines is 1. The molecule has 0 radical (unpaired) electrons. The van der Waals surface area contributed by atoms with E-state index in [9.17, 15) is 9.90 Å². The van der Waals surface area contributed by atoms with Crippen LogP contribution in [0.2, 0.25) is 0 Å². The Hall–Kier alpha value is -3.08. The number of benzene rings is 1. The summed E-state index contributed by atoms with van der Waals surface area (Å²) >= 11 is 0. The molecule has 0 unspecified atom stereocenters. The van der Waals surface area contributed by atoms with E-state index in [-0.39, 0.29) is 11.7 Å². The van der Waals surface area contributed by atoms with E-state index in [1.54, 1.807) is 24.4 Å². The van der Waals surface area contributed by atoms with Crippen LogP contribution in [-0.4, -0.2) is 25.8 Å². The van der Waals surface area contributed by atoms with Crippen molar-refractivity contribution in [2.75, 3.05) is 0 Å². The zero-order valence-corrected chi connectivity index (χ0v) is 11.1. The molecule has 3 rings (SSSR count). The second-order valence-corrected chi connectivity index (χ2v) is 4.52. The summed E-state index contributed by atoms with van der Waals surface area (Å²) in [6.45, 7) is 0. The van der Waals surface area contributed by atoms with Crippen LogP contribution in [-0.2, 0) is 0 Å². The number of nitrogens with zero attached hydrogens (tertiary/aromatic N) is 2. The van der Waals surface area contributed by atoms with E-state index in [0.717, 1.165) is 5.56 Å². The van der Waals surface area contributed by atoms with Crippen LogP contribution in [0.5, 0.6) is 5.75 Å². The number of H-pyrrole nitrogens is 1. The average Bonchev–Trinajstić information content (AvgIpc) is 3.16.